The zero-order chi connectivity index (χ0) is 12.3. The third kappa shape index (κ3) is 2.57. The quantitative estimate of drug-likeness (QED) is 0.844. The number of nitrogens with one attached hydrogen (secondary N) is 1. The van der Waals surface area contributed by atoms with E-state index in [1.54, 1.807) is 30.6 Å². The van der Waals surface area contributed by atoms with Crippen LogP contribution in [-0.2, 0) is 0 Å². The minimum Gasteiger partial charge on any atom is -0.478 e. The van der Waals surface area contributed by atoms with Gasteiger partial charge in [0.2, 0.25) is 0 Å². The number of benzene rings is 1. The van der Waals surface area contributed by atoms with Crippen LogP contribution < -0.4 is 5.32 Å². The number of aromatic nitrogens is 2. The molecule has 0 radical (unpaired) electrons. The van der Waals surface area contributed by atoms with E-state index in [0.717, 1.165) is 16.9 Å². The molecule has 5 nitrogen and oxygen atoms in total. The summed E-state index contributed by atoms with van der Waals surface area (Å²) in [7, 11) is 0. The van der Waals surface area contributed by atoms with Crippen molar-refractivity contribution in [2.75, 3.05) is 5.32 Å². The molecule has 0 unspecified atom stereocenters. The van der Waals surface area contributed by atoms with Gasteiger partial charge in [0.25, 0.3) is 0 Å². The lowest BCUT2D eigenvalue weighted by Gasteiger charge is -2.09. The molecule has 2 aromatic rings. The summed E-state index contributed by atoms with van der Waals surface area (Å²) >= 11 is 0. The highest BCUT2D eigenvalue weighted by atomic mass is 16.4. The fraction of sp³-hybridized carbons (Fsp3) is 0.0833. The van der Waals surface area contributed by atoms with Gasteiger partial charge in [0.15, 0.2) is 0 Å². The third-order valence-electron chi connectivity index (χ3n) is 2.31. The lowest BCUT2D eigenvalue weighted by molar-refractivity contribution is 0.0697. The Morgan fingerprint density at radius 2 is 2.00 bits per heavy atom. The number of carbonyl (C=O) groups is 1. The Kier molecular flexibility index (Phi) is 3.00. The molecule has 2 N–H and O–H groups in total. The lowest BCUT2D eigenvalue weighted by Crippen LogP contribution is -1.99. The molecule has 0 fully saturated rings. The Morgan fingerprint density at radius 3 is 2.59 bits per heavy atom. The Hall–Kier alpha value is -2.43. The smallest absolute Gasteiger partial charge is 0.335 e. The predicted molar refractivity (Wildman–Crippen MR) is 63.5 cm³/mol. The summed E-state index contributed by atoms with van der Waals surface area (Å²) in [6.45, 7) is 1.85. The van der Waals surface area contributed by atoms with Gasteiger partial charge in [0.05, 0.1) is 23.6 Å². The number of carboxylic acids is 1. The van der Waals surface area contributed by atoms with Gasteiger partial charge in [0.1, 0.15) is 6.33 Å². The van der Waals surface area contributed by atoms with Crippen LogP contribution >= 0.6 is 0 Å². The molecular weight excluding hydrogens is 218 g/mol. The highest BCUT2D eigenvalue weighted by Crippen LogP contribution is 2.20. The summed E-state index contributed by atoms with van der Waals surface area (Å²) in [5, 5.41) is 12.0. The molecule has 5 heteroatoms. The Labute approximate surface area is 98.2 Å². The van der Waals surface area contributed by atoms with E-state index >= 15 is 0 Å². The number of anilines is 2. The first-order valence-electron chi connectivity index (χ1n) is 5.03. The van der Waals surface area contributed by atoms with Crippen LogP contribution in [0.5, 0.6) is 0 Å². The van der Waals surface area contributed by atoms with Gasteiger partial charge in [0, 0.05) is 5.69 Å². The summed E-state index contributed by atoms with van der Waals surface area (Å²) < 4.78 is 0. The molecule has 0 aliphatic heterocycles. The average molecular weight is 229 g/mol. The van der Waals surface area contributed by atoms with Gasteiger partial charge in [-0.25, -0.2) is 14.8 Å². The van der Waals surface area contributed by atoms with Crippen LogP contribution in [0, 0.1) is 6.92 Å². The largest absolute Gasteiger partial charge is 0.478 e. The van der Waals surface area contributed by atoms with Crippen LogP contribution in [0.15, 0.2) is 36.9 Å². The van der Waals surface area contributed by atoms with E-state index < -0.39 is 5.97 Å². The lowest BCUT2D eigenvalue weighted by atomic mass is 10.1. The molecule has 0 saturated carbocycles. The van der Waals surface area contributed by atoms with Crippen molar-refractivity contribution in [3.63, 3.8) is 0 Å². The second-order valence-corrected chi connectivity index (χ2v) is 3.59. The second-order valence-electron chi connectivity index (χ2n) is 3.59. The van der Waals surface area contributed by atoms with Crippen molar-refractivity contribution < 1.29 is 9.90 Å². The average Bonchev–Trinajstić information content (AvgIpc) is 2.33. The van der Waals surface area contributed by atoms with Gasteiger partial charge in [-0.2, -0.15) is 0 Å². The molecule has 17 heavy (non-hydrogen) atoms. The van der Waals surface area contributed by atoms with Crippen LogP contribution in [0.1, 0.15) is 15.9 Å². The zero-order valence-corrected chi connectivity index (χ0v) is 9.21. The fourth-order valence-corrected chi connectivity index (χ4v) is 1.46. The zero-order valence-electron chi connectivity index (χ0n) is 9.21. The molecule has 86 valence electrons. The monoisotopic (exact) mass is 229 g/mol. The van der Waals surface area contributed by atoms with Crippen molar-refractivity contribution >= 4 is 17.3 Å². The van der Waals surface area contributed by atoms with Crippen LogP contribution in [0.2, 0.25) is 0 Å². The number of rotatable bonds is 3. The van der Waals surface area contributed by atoms with Gasteiger partial charge in [-0.1, -0.05) is 0 Å². The molecular formula is C12H11N3O2. The number of nitrogens with zero attached hydrogens (tertiary/aromatic N) is 2. The van der Waals surface area contributed by atoms with E-state index in [1.165, 1.54) is 6.33 Å². The topological polar surface area (TPSA) is 75.1 Å². The highest BCUT2D eigenvalue weighted by molar-refractivity contribution is 5.88. The second kappa shape index (κ2) is 4.61. The van der Waals surface area contributed by atoms with E-state index in [-0.39, 0.29) is 5.56 Å². The highest BCUT2D eigenvalue weighted by Gasteiger charge is 2.05. The van der Waals surface area contributed by atoms with E-state index in [0.29, 0.717) is 0 Å². The number of hydrogen-bond acceptors (Lipinski definition) is 4. The van der Waals surface area contributed by atoms with Crippen molar-refractivity contribution in [2.45, 2.75) is 6.92 Å². The minimum atomic E-state index is -0.928. The molecule has 0 aliphatic rings. The number of hydrogen-bond donors (Lipinski definition) is 2. The molecule has 2 rings (SSSR count). The van der Waals surface area contributed by atoms with Gasteiger partial charge >= 0.3 is 5.97 Å². The predicted octanol–water partition coefficient (Wildman–Crippen LogP) is 2.23. The summed E-state index contributed by atoms with van der Waals surface area (Å²) in [5.41, 5.74) is 2.73. The van der Waals surface area contributed by atoms with Gasteiger partial charge in [-0.15, -0.1) is 0 Å². The summed E-state index contributed by atoms with van der Waals surface area (Å²) in [5.74, 6) is -0.928. The van der Waals surface area contributed by atoms with Crippen LogP contribution in [0.25, 0.3) is 0 Å². The number of aromatic carboxylic acids is 1. The minimum absolute atomic E-state index is 0.275. The SMILES string of the molecule is Cc1cc(C(=O)O)ccc1Nc1cncnc1. The molecule has 0 atom stereocenters. The molecule has 1 aromatic carbocycles. The number of aryl methyl sites for hydroxylation is 1. The Balaban J connectivity index is 2.26. The Bertz CT molecular complexity index is 541. The molecule has 0 aliphatic carbocycles. The van der Waals surface area contributed by atoms with E-state index in [1.807, 2.05) is 6.92 Å². The van der Waals surface area contributed by atoms with E-state index in [4.69, 9.17) is 5.11 Å². The molecule has 1 aromatic heterocycles. The first-order chi connectivity index (χ1) is 8.16. The summed E-state index contributed by atoms with van der Waals surface area (Å²) in [6, 6.07) is 4.90. The molecule has 0 saturated heterocycles. The van der Waals surface area contributed by atoms with Crippen LogP contribution in [0.3, 0.4) is 0 Å². The summed E-state index contributed by atoms with van der Waals surface area (Å²) in [4.78, 5) is 18.6. The van der Waals surface area contributed by atoms with Gasteiger partial charge < -0.3 is 10.4 Å². The first kappa shape index (κ1) is 11.1. The van der Waals surface area contributed by atoms with Crippen LogP contribution in [0.4, 0.5) is 11.4 Å². The van der Waals surface area contributed by atoms with E-state index in [2.05, 4.69) is 15.3 Å². The van der Waals surface area contributed by atoms with Gasteiger partial charge in [-0.05, 0) is 30.7 Å². The maximum Gasteiger partial charge on any atom is 0.335 e. The van der Waals surface area contributed by atoms with Crippen LogP contribution in [-0.4, -0.2) is 21.0 Å². The molecule has 0 amide bonds. The maximum absolute atomic E-state index is 10.8. The van der Waals surface area contributed by atoms with Crippen molar-refractivity contribution in [3.8, 4) is 0 Å². The summed E-state index contributed by atoms with van der Waals surface area (Å²) in [6.07, 6.45) is 4.75. The van der Waals surface area contributed by atoms with E-state index in [9.17, 15) is 4.79 Å². The van der Waals surface area contributed by atoms with Crippen molar-refractivity contribution in [1.29, 1.82) is 0 Å². The first-order valence-corrected chi connectivity index (χ1v) is 5.03. The molecule has 1 heterocycles. The normalized spacial score (nSPS) is 9.94. The standard InChI is InChI=1S/C12H11N3O2/c1-8-4-9(12(16)17)2-3-11(8)15-10-5-13-7-14-6-10/h2-7,15H,1H3,(H,16,17). The maximum atomic E-state index is 10.8. The fourth-order valence-electron chi connectivity index (χ4n) is 1.46. The molecule has 0 bridgehead atoms. The van der Waals surface area contributed by atoms with Crippen molar-refractivity contribution in [3.05, 3.63) is 48.0 Å². The number of carboxylic acid groups (broad SMARTS) is 1. The van der Waals surface area contributed by atoms with Gasteiger partial charge in [-0.3, -0.25) is 0 Å². The van der Waals surface area contributed by atoms with Crippen molar-refractivity contribution in [2.24, 2.45) is 0 Å². The van der Waals surface area contributed by atoms with Crippen molar-refractivity contribution in [1.82, 2.24) is 9.97 Å². The third-order valence-corrected chi connectivity index (χ3v) is 2.31. The Morgan fingerprint density at radius 1 is 1.29 bits per heavy atom. The molecule has 0 spiro atoms.